The van der Waals surface area contributed by atoms with Gasteiger partial charge in [-0.1, -0.05) is 221 Å². The van der Waals surface area contributed by atoms with E-state index in [4.69, 9.17) is 16.1 Å². The van der Waals surface area contributed by atoms with E-state index in [2.05, 4.69) is 101 Å². The van der Waals surface area contributed by atoms with Crippen molar-refractivity contribution in [1.29, 1.82) is 0 Å². The lowest BCUT2D eigenvalue weighted by Gasteiger charge is -2.46. The molecule has 500 valence electrons. The van der Waals surface area contributed by atoms with Gasteiger partial charge in [-0.2, -0.15) is 0 Å². The van der Waals surface area contributed by atoms with Crippen molar-refractivity contribution in [3.63, 3.8) is 0 Å². The molecule has 2 aromatic carbocycles. The van der Waals surface area contributed by atoms with Crippen molar-refractivity contribution in [1.82, 2.24) is 0 Å². The van der Waals surface area contributed by atoms with E-state index in [1.807, 2.05) is 64.1 Å². The Morgan fingerprint density at radius 1 is 0.438 bits per heavy atom. The van der Waals surface area contributed by atoms with Crippen molar-refractivity contribution in [3.05, 3.63) is 115 Å². The highest BCUT2D eigenvalue weighted by Crippen LogP contribution is 2.54. The van der Waals surface area contributed by atoms with Crippen LogP contribution in [-0.2, 0) is 33.4 Å². The minimum absolute atomic E-state index is 0.0340. The van der Waals surface area contributed by atoms with Crippen LogP contribution < -0.4 is 0 Å². The molecule has 0 amide bonds. The molecular weight excluding hydrogens is 1100 g/mol. The first-order valence-corrected chi connectivity index (χ1v) is 35.0. The first-order valence-electron chi connectivity index (χ1n) is 35.0. The molecule has 0 spiro atoms. The Morgan fingerprint density at radius 3 is 1.40 bits per heavy atom. The summed E-state index contributed by atoms with van der Waals surface area (Å²) in [5.41, 5.74) is 1.83. The lowest BCUT2D eigenvalue weighted by Crippen LogP contribution is -2.42. The fraction of sp³-hybridized carbons (Fsp3) is 0.679. The predicted octanol–water partition coefficient (Wildman–Crippen LogP) is 22.2. The van der Waals surface area contributed by atoms with E-state index < -0.39 is 21.7 Å². The van der Waals surface area contributed by atoms with Gasteiger partial charge < -0.3 is 9.47 Å². The molecule has 8 nitrogen and oxygen atoms in total. The van der Waals surface area contributed by atoms with E-state index in [0.717, 1.165) is 101 Å². The predicted molar refractivity (Wildman–Crippen MR) is 375 cm³/mol. The lowest BCUT2D eigenvalue weighted by atomic mass is 9.60. The minimum Gasteiger partial charge on any atom is -0.498 e. The number of carbonyl (C=O) groups excluding carboxylic acids is 6. The fourth-order valence-corrected chi connectivity index (χ4v) is 13.8. The van der Waals surface area contributed by atoms with Gasteiger partial charge in [-0.15, -0.1) is 0 Å². The summed E-state index contributed by atoms with van der Waals surface area (Å²) in [5.74, 6) is 1.93. The molecule has 0 saturated carbocycles. The van der Waals surface area contributed by atoms with Gasteiger partial charge in [-0.05, 0) is 149 Å². The third-order valence-corrected chi connectivity index (χ3v) is 19.8. The second kappa shape index (κ2) is 40.2. The quantitative estimate of drug-likeness (QED) is 0.0278. The molecule has 0 radical (unpaired) electrons. The van der Waals surface area contributed by atoms with Crippen LogP contribution in [0.2, 0.25) is 0 Å². The van der Waals surface area contributed by atoms with Gasteiger partial charge in [0.05, 0.1) is 12.4 Å². The fourth-order valence-electron chi connectivity index (χ4n) is 13.8. The summed E-state index contributed by atoms with van der Waals surface area (Å²) >= 11 is 0. The van der Waals surface area contributed by atoms with Crippen molar-refractivity contribution >= 4 is 40.3 Å². The smallest absolute Gasteiger partial charge is 0.163 e. The number of Topliss-reactive ketones (excluding diaryl/α,β-unsaturated/α-hetero) is 6. The van der Waals surface area contributed by atoms with Crippen LogP contribution in [0.4, 0.5) is 0 Å². The molecule has 0 fully saturated rings. The van der Waals surface area contributed by atoms with E-state index in [1.165, 1.54) is 11.1 Å². The molecule has 0 heterocycles. The van der Waals surface area contributed by atoms with E-state index in [9.17, 15) is 28.8 Å². The molecule has 0 aromatic heterocycles. The Kier molecular flexibility index (Phi) is 36.3. The monoisotopic (exact) mass is 1230 g/mol. The summed E-state index contributed by atoms with van der Waals surface area (Å²) in [6.45, 7) is 49.7. The molecule has 2 aromatic rings. The Labute approximate surface area is 544 Å². The molecule has 6 atom stereocenters. The van der Waals surface area contributed by atoms with Crippen LogP contribution in [0, 0.1) is 44.3 Å². The van der Waals surface area contributed by atoms with Crippen molar-refractivity contribution in [2.24, 2.45) is 44.3 Å². The van der Waals surface area contributed by atoms with Gasteiger partial charge in [-0.3, -0.25) is 28.8 Å². The molecular formula is C81H128O8. The largest absolute Gasteiger partial charge is 0.498 e. The van der Waals surface area contributed by atoms with Crippen LogP contribution in [0.15, 0.2) is 104 Å². The van der Waals surface area contributed by atoms with Crippen molar-refractivity contribution < 1.29 is 38.2 Å². The van der Waals surface area contributed by atoms with E-state index in [-0.39, 0.29) is 64.3 Å². The third kappa shape index (κ3) is 30.0. The molecule has 0 aliphatic heterocycles. The van der Waals surface area contributed by atoms with E-state index >= 15 is 0 Å². The normalized spacial score (nSPS) is 15.3. The SMILES string of the molecule is C=C(CC(C)(CC(C)(CC(C)(C)CCC(=O)CCCOCCCC(=O)CCC(C)(C)CC(C)(CC(C)(CC(=O)c1ccccc1)C(=O)CCCCC(=C)C(C)CC)C(=O)CCCCC)C(=C)CCCCC)C(=C)OCCCC(=O)C(C)CC)c1ccccc1. The number of ketones is 6. The summed E-state index contributed by atoms with van der Waals surface area (Å²) in [6.07, 6.45) is 20.5. The van der Waals surface area contributed by atoms with Gasteiger partial charge in [0, 0.05) is 92.3 Å². The Hall–Kier alpha value is -4.82. The molecule has 8 heteroatoms. The summed E-state index contributed by atoms with van der Waals surface area (Å²) in [5, 5.41) is 0. The van der Waals surface area contributed by atoms with Crippen molar-refractivity contribution in [2.75, 3.05) is 19.8 Å². The number of benzene rings is 2. The van der Waals surface area contributed by atoms with E-state index in [1.54, 1.807) is 12.1 Å². The average Bonchev–Trinajstić information content (AvgIpc) is 1.85. The molecule has 0 saturated heterocycles. The minimum atomic E-state index is -1.05. The topological polar surface area (TPSA) is 121 Å². The molecule has 6 unspecified atom stereocenters. The molecule has 0 bridgehead atoms. The Bertz CT molecular complexity index is 2360. The van der Waals surface area contributed by atoms with E-state index in [0.29, 0.717) is 127 Å². The van der Waals surface area contributed by atoms with Crippen molar-refractivity contribution in [2.45, 2.75) is 290 Å². The summed E-state index contributed by atoms with van der Waals surface area (Å²) in [4.78, 5) is 82.7. The molecule has 0 aliphatic carbocycles. The lowest BCUT2D eigenvalue weighted by molar-refractivity contribution is -0.137. The van der Waals surface area contributed by atoms with Gasteiger partial charge >= 0.3 is 0 Å². The molecule has 89 heavy (non-hydrogen) atoms. The number of hydrogen-bond donors (Lipinski definition) is 0. The number of rotatable bonds is 54. The van der Waals surface area contributed by atoms with Crippen LogP contribution in [0.25, 0.3) is 5.57 Å². The average molecular weight is 1230 g/mol. The first-order chi connectivity index (χ1) is 41.8. The first kappa shape index (κ1) is 80.3. The Balaban J connectivity index is 2.08. The van der Waals surface area contributed by atoms with Gasteiger partial charge in [-0.25, -0.2) is 0 Å². The van der Waals surface area contributed by atoms with Crippen LogP contribution in [0.5, 0.6) is 0 Å². The molecule has 2 rings (SSSR count). The van der Waals surface area contributed by atoms with Gasteiger partial charge in [0.25, 0.3) is 0 Å². The molecule has 0 aliphatic rings. The maximum absolute atomic E-state index is 14.5. The van der Waals surface area contributed by atoms with Crippen LogP contribution in [0.1, 0.15) is 305 Å². The third-order valence-electron chi connectivity index (χ3n) is 19.8. The summed E-state index contributed by atoms with van der Waals surface area (Å²) in [7, 11) is 0. The summed E-state index contributed by atoms with van der Waals surface area (Å²) < 4.78 is 12.5. The number of ether oxygens (including phenoxy) is 2. The van der Waals surface area contributed by atoms with Crippen molar-refractivity contribution in [3.8, 4) is 0 Å². The van der Waals surface area contributed by atoms with Crippen LogP contribution in [-0.4, -0.2) is 54.5 Å². The number of allylic oxidation sites excluding steroid dienone is 4. The van der Waals surface area contributed by atoms with Crippen LogP contribution >= 0.6 is 0 Å². The van der Waals surface area contributed by atoms with Gasteiger partial charge in [0.15, 0.2) is 5.78 Å². The van der Waals surface area contributed by atoms with Gasteiger partial charge in [0.2, 0.25) is 0 Å². The van der Waals surface area contributed by atoms with Gasteiger partial charge in [0.1, 0.15) is 28.9 Å². The van der Waals surface area contributed by atoms with Crippen LogP contribution in [0.3, 0.4) is 0 Å². The zero-order valence-electron chi connectivity index (χ0n) is 59.4. The Morgan fingerprint density at radius 2 is 0.888 bits per heavy atom. The highest BCUT2D eigenvalue weighted by Gasteiger charge is 2.47. The maximum atomic E-state index is 14.5. The summed E-state index contributed by atoms with van der Waals surface area (Å²) in [6, 6.07) is 19.5. The maximum Gasteiger partial charge on any atom is 0.163 e. The second-order valence-electron chi connectivity index (χ2n) is 30.0. The molecule has 0 N–H and O–H groups in total. The number of hydrogen-bond acceptors (Lipinski definition) is 8. The zero-order chi connectivity index (χ0) is 66.9. The zero-order valence-corrected chi connectivity index (χ0v) is 59.4. The number of unbranched alkanes of at least 4 members (excludes halogenated alkanes) is 5. The standard InChI is InChI=1S/C81H128O8/c1-19-23-27-39-66(9)80(17,60-78(15,56-65(8)68-40-29-25-30-41-68)67(10)89-55-37-46-72(84)63(6)22-4)58-76(11,12)51-49-70(82)44-35-53-88-54-36-45-71(83)50-52-77(13,14)59-81(18,75(87)47-28-24-20-2)61-79(16,57-73(85)69-42-31-26-32-43-69)74(86)48-34-33-38-64(7)62(5)21-3/h25-26,29-32,40-43,62-63H,7-10,19-24,27-28,33-39,44-61H2,1-6,11-18H3. The highest BCUT2D eigenvalue weighted by atomic mass is 16.5. The second-order valence-corrected chi connectivity index (χ2v) is 30.0. The highest BCUT2D eigenvalue weighted by molar-refractivity contribution is 6.00. The number of carbonyl (C=O) groups is 6.